The molecule has 0 saturated carbocycles. The Labute approximate surface area is 132 Å². The molecule has 0 unspecified atom stereocenters. The first-order valence-corrected chi connectivity index (χ1v) is 7.22. The molecule has 3 aromatic heterocycles. The van der Waals surface area contributed by atoms with Crippen LogP contribution in [0.2, 0.25) is 0 Å². The van der Waals surface area contributed by atoms with Crippen molar-refractivity contribution in [3.8, 4) is 0 Å². The van der Waals surface area contributed by atoms with Gasteiger partial charge in [-0.2, -0.15) is 19.6 Å². The highest BCUT2D eigenvalue weighted by Crippen LogP contribution is 2.11. The van der Waals surface area contributed by atoms with Crippen LogP contribution in [-0.2, 0) is 0 Å². The van der Waals surface area contributed by atoms with Gasteiger partial charge in [-0.15, -0.1) is 0 Å². The molecule has 0 radical (unpaired) electrons. The number of carbonyl (C=O) groups is 2. The van der Waals surface area contributed by atoms with Crippen molar-refractivity contribution in [3.63, 3.8) is 0 Å². The Balaban J connectivity index is 1.91. The van der Waals surface area contributed by atoms with Crippen molar-refractivity contribution in [1.82, 2.24) is 24.5 Å². The Hall–Kier alpha value is -2.96. The lowest BCUT2D eigenvalue weighted by Gasteiger charge is -2.02. The van der Waals surface area contributed by atoms with Crippen LogP contribution in [0, 0.1) is 27.7 Å². The molecule has 0 spiro atoms. The van der Waals surface area contributed by atoms with Gasteiger partial charge < -0.3 is 4.98 Å². The molecule has 3 heterocycles. The molecule has 0 amide bonds. The zero-order chi connectivity index (χ0) is 16.7. The maximum atomic E-state index is 12.5. The third kappa shape index (κ3) is 2.61. The smallest absolute Gasteiger partial charge is 0.294 e. The van der Waals surface area contributed by atoms with Gasteiger partial charge in [-0.25, -0.2) is 0 Å². The summed E-state index contributed by atoms with van der Waals surface area (Å²) in [4.78, 5) is 27.8. The van der Waals surface area contributed by atoms with E-state index in [0.717, 1.165) is 22.8 Å². The fraction of sp³-hybridized carbons (Fsp3) is 0.250. The Morgan fingerprint density at radius 2 is 1.22 bits per heavy atom. The molecule has 0 aliphatic rings. The van der Waals surface area contributed by atoms with Crippen LogP contribution in [0.1, 0.15) is 43.8 Å². The number of hydrogen-bond donors (Lipinski definition) is 1. The topological polar surface area (TPSA) is 85.6 Å². The first-order valence-electron chi connectivity index (χ1n) is 7.22. The van der Waals surface area contributed by atoms with Crippen LogP contribution >= 0.6 is 0 Å². The van der Waals surface area contributed by atoms with Gasteiger partial charge in [0, 0.05) is 11.4 Å². The number of aromatic nitrogens is 5. The van der Waals surface area contributed by atoms with Gasteiger partial charge in [-0.1, -0.05) is 0 Å². The summed E-state index contributed by atoms with van der Waals surface area (Å²) in [5.41, 5.74) is 3.63. The van der Waals surface area contributed by atoms with Crippen molar-refractivity contribution in [1.29, 1.82) is 0 Å². The summed E-state index contributed by atoms with van der Waals surface area (Å²) >= 11 is 0. The van der Waals surface area contributed by atoms with Crippen molar-refractivity contribution in [2.75, 3.05) is 0 Å². The maximum absolute atomic E-state index is 12.5. The molecule has 0 aliphatic carbocycles. The van der Waals surface area contributed by atoms with Crippen LogP contribution in [0.5, 0.6) is 0 Å². The van der Waals surface area contributed by atoms with Crippen molar-refractivity contribution in [3.05, 3.63) is 58.4 Å². The number of H-pyrrole nitrogens is 1. The average molecular weight is 311 g/mol. The number of aryl methyl sites for hydroxylation is 4. The second-order valence-electron chi connectivity index (χ2n) is 5.57. The summed E-state index contributed by atoms with van der Waals surface area (Å²) in [6.07, 6.45) is 0. The van der Waals surface area contributed by atoms with Crippen LogP contribution in [0.25, 0.3) is 0 Å². The first kappa shape index (κ1) is 15.0. The quantitative estimate of drug-likeness (QED) is 0.784. The summed E-state index contributed by atoms with van der Waals surface area (Å²) in [5.74, 6) is -0.606. The molecule has 7 heteroatoms. The van der Waals surface area contributed by atoms with Crippen LogP contribution in [-0.4, -0.2) is 36.4 Å². The molecular formula is C16H17N5O2. The highest BCUT2D eigenvalue weighted by molar-refractivity contribution is 5.98. The molecule has 3 aromatic rings. The van der Waals surface area contributed by atoms with Gasteiger partial charge in [0.2, 0.25) is 0 Å². The predicted molar refractivity (Wildman–Crippen MR) is 83.7 cm³/mol. The number of carbonyl (C=O) groups excluding carboxylic acids is 2. The number of rotatable bonds is 2. The molecule has 1 N–H and O–H groups in total. The largest absolute Gasteiger partial charge is 0.346 e. The highest BCUT2D eigenvalue weighted by Gasteiger charge is 2.19. The lowest BCUT2D eigenvalue weighted by Crippen LogP contribution is -2.18. The molecule has 0 aliphatic heterocycles. The van der Waals surface area contributed by atoms with Crippen LogP contribution in [0.4, 0.5) is 0 Å². The molecule has 0 bridgehead atoms. The second kappa shape index (κ2) is 5.35. The number of hydrogen-bond acceptors (Lipinski definition) is 4. The standard InChI is InChI=1S/C16H17N5O2/c1-9-7-11(3)20(18-9)15(22)13-5-6-14(17-13)16(23)21-12(4)8-10(2)19-21/h5-8,17H,1-4H3. The molecule has 0 atom stereocenters. The lowest BCUT2D eigenvalue weighted by atomic mass is 10.3. The lowest BCUT2D eigenvalue weighted by molar-refractivity contribution is 0.0936. The molecule has 118 valence electrons. The molecular weight excluding hydrogens is 294 g/mol. The Morgan fingerprint density at radius 3 is 1.52 bits per heavy atom. The fourth-order valence-corrected chi connectivity index (χ4v) is 2.54. The summed E-state index contributed by atoms with van der Waals surface area (Å²) in [5, 5.41) is 8.32. The van der Waals surface area contributed by atoms with E-state index >= 15 is 0 Å². The Kier molecular flexibility index (Phi) is 3.48. The van der Waals surface area contributed by atoms with E-state index < -0.39 is 0 Å². The summed E-state index contributed by atoms with van der Waals surface area (Å²) in [7, 11) is 0. The van der Waals surface area contributed by atoms with Gasteiger partial charge in [0.05, 0.1) is 11.4 Å². The van der Waals surface area contributed by atoms with E-state index in [0.29, 0.717) is 11.4 Å². The highest BCUT2D eigenvalue weighted by atomic mass is 16.2. The molecule has 0 aromatic carbocycles. The van der Waals surface area contributed by atoms with E-state index in [4.69, 9.17) is 0 Å². The Morgan fingerprint density at radius 1 is 0.826 bits per heavy atom. The molecule has 23 heavy (non-hydrogen) atoms. The molecule has 3 rings (SSSR count). The van der Waals surface area contributed by atoms with Gasteiger partial charge in [0.25, 0.3) is 11.8 Å². The van der Waals surface area contributed by atoms with E-state index in [-0.39, 0.29) is 11.8 Å². The van der Waals surface area contributed by atoms with E-state index in [2.05, 4.69) is 15.2 Å². The summed E-state index contributed by atoms with van der Waals surface area (Å²) < 4.78 is 2.64. The third-order valence-corrected chi connectivity index (χ3v) is 3.55. The minimum Gasteiger partial charge on any atom is -0.346 e. The van der Waals surface area contributed by atoms with Crippen molar-refractivity contribution < 1.29 is 9.59 Å². The van der Waals surface area contributed by atoms with Gasteiger partial charge >= 0.3 is 0 Å². The minimum absolute atomic E-state index is 0.303. The van der Waals surface area contributed by atoms with Gasteiger partial charge in [0.1, 0.15) is 11.4 Å². The van der Waals surface area contributed by atoms with Gasteiger partial charge in [-0.05, 0) is 52.0 Å². The maximum Gasteiger partial charge on any atom is 0.294 e. The SMILES string of the molecule is Cc1cc(C)n(C(=O)c2ccc(C(=O)n3nc(C)cc3C)[nH]2)n1. The summed E-state index contributed by atoms with van der Waals surface area (Å²) in [6.45, 7) is 7.26. The Bertz CT molecular complexity index is 840. The molecule has 7 nitrogen and oxygen atoms in total. The van der Waals surface area contributed by atoms with Crippen molar-refractivity contribution in [2.45, 2.75) is 27.7 Å². The third-order valence-electron chi connectivity index (χ3n) is 3.55. The average Bonchev–Trinajstić information content (AvgIpc) is 3.17. The van der Waals surface area contributed by atoms with Gasteiger partial charge in [-0.3, -0.25) is 9.59 Å². The number of nitrogens with zero attached hydrogens (tertiary/aromatic N) is 4. The van der Waals surface area contributed by atoms with Crippen molar-refractivity contribution in [2.24, 2.45) is 0 Å². The minimum atomic E-state index is -0.303. The predicted octanol–water partition coefficient (Wildman–Crippen LogP) is 2.02. The van der Waals surface area contributed by atoms with E-state index in [9.17, 15) is 9.59 Å². The fourth-order valence-electron chi connectivity index (χ4n) is 2.54. The van der Waals surface area contributed by atoms with Crippen molar-refractivity contribution >= 4 is 11.8 Å². The van der Waals surface area contributed by atoms with E-state index in [1.165, 1.54) is 9.36 Å². The zero-order valence-electron chi connectivity index (χ0n) is 13.4. The van der Waals surface area contributed by atoms with Crippen LogP contribution in [0.3, 0.4) is 0 Å². The molecule has 0 saturated heterocycles. The first-order chi connectivity index (χ1) is 10.9. The monoisotopic (exact) mass is 311 g/mol. The van der Waals surface area contributed by atoms with Crippen LogP contribution in [0.15, 0.2) is 24.3 Å². The van der Waals surface area contributed by atoms with E-state index in [1.807, 2.05) is 39.8 Å². The number of nitrogens with one attached hydrogen (secondary N) is 1. The normalized spacial score (nSPS) is 11.0. The van der Waals surface area contributed by atoms with E-state index in [1.54, 1.807) is 12.1 Å². The second-order valence-corrected chi connectivity index (χ2v) is 5.57. The summed E-state index contributed by atoms with van der Waals surface area (Å²) in [6, 6.07) is 6.81. The van der Waals surface area contributed by atoms with Gasteiger partial charge in [0.15, 0.2) is 0 Å². The zero-order valence-corrected chi connectivity index (χ0v) is 13.4. The molecule has 0 fully saturated rings. The van der Waals surface area contributed by atoms with Crippen LogP contribution < -0.4 is 0 Å². The number of aromatic amines is 1.